The lowest BCUT2D eigenvalue weighted by molar-refractivity contribution is 0.0464. The zero-order chi connectivity index (χ0) is 14.7. The van der Waals surface area contributed by atoms with E-state index in [1.54, 1.807) is 30.3 Å². The van der Waals surface area contributed by atoms with E-state index in [0.29, 0.717) is 30.0 Å². The molecule has 0 amide bonds. The van der Waals surface area contributed by atoms with Crippen LogP contribution in [0.3, 0.4) is 0 Å². The van der Waals surface area contributed by atoms with Crippen LogP contribution in [0.4, 0.5) is 10.1 Å². The molecule has 0 aromatic heterocycles. The lowest BCUT2D eigenvalue weighted by atomic mass is 10.1. The van der Waals surface area contributed by atoms with Gasteiger partial charge in [-0.05, 0) is 18.2 Å². The van der Waals surface area contributed by atoms with Gasteiger partial charge < -0.3 is 14.8 Å². The molecule has 0 atom stereocenters. The van der Waals surface area contributed by atoms with Gasteiger partial charge in [0.05, 0.1) is 5.69 Å². The third kappa shape index (κ3) is 2.81. The predicted octanol–water partition coefficient (Wildman–Crippen LogP) is 2.99. The highest BCUT2D eigenvalue weighted by molar-refractivity contribution is 5.95. The molecule has 0 fully saturated rings. The Kier molecular flexibility index (Phi) is 3.73. The average molecular weight is 287 g/mol. The largest absolute Gasteiger partial charge is 0.489 e. The maximum atomic E-state index is 13.5. The van der Waals surface area contributed by atoms with Crippen LogP contribution in [0.15, 0.2) is 42.5 Å². The molecule has 2 aromatic carbocycles. The number of benzene rings is 2. The molecule has 0 spiro atoms. The Labute approximate surface area is 121 Å². The number of carbonyl (C=O) groups is 1. The lowest BCUT2D eigenvalue weighted by Gasteiger charge is -2.21. The van der Waals surface area contributed by atoms with Crippen molar-refractivity contribution in [3.05, 3.63) is 59.4 Å². The van der Waals surface area contributed by atoms with Gasteiger partial charge in [-0.1, -0.05) is 24.3 Å². The van der Waals surface area contributed by atoms with Gasteiger partial charge in [0.25, 0.3) is 0 Å². The normalized spacial score (nSPS) is 12.8. The number of hydrogen-bond donors (Lipinski definition) is 1. The number of halogens is 1. The molecule has 1 heterocycles. The average Bonchev–Trinajstić information content (AvgIpc) is 2.53. The van der Waals surface area contributed by atoms with Crippen LogP contribution in [0.1, 0.15) is 15.9 Å². The summed E-state index contributed by atoms with van der Waals surface area (Å²) in [4.78, 5) is 12.1. The highest BCUT2D eigenvalue weighted by Crippen LogP contribution is 2.31. The first-order valence-electron chi connectivity index (χ1n) is 6.66. The smallest absolute Gasteiger partial charge is 0.342 e. The third-order valence-electron chi connectivity index (χ3n) is 3.22. The molecule has 0 saturated carbocycles. The van der Waals surface area contributed by atoms with Crippen molar-refractivity contribution in [2.75, 3.05) is 18.5 Å². The topological polar surface area (TPSA) is 47.6 Å². The van der Waals surface area contributed by atoms with Crippen LogP contribution >= 0.6 is 0 Å². The summed E-state index contributed by atoms with van der Waals surface area (Å²) in [6, 6.07) is 11.4. The second-order valence-corrected chi connectivity index (χ2v) is 4.63. The number of anilines is 1. The molecule has 1 aliphatic heterocycles. The fourth-order valence-corrected chi connectivity index (χ4v) is 2.17. The number of nitrogens with one attached hydrogen (secondary N) is 1. The predicted molar refractivity (Wildman–Crippen MR) is 75.9 cm³/mol. The molecule has 21 heavy (non-hydrogen) atoms. The molecule has 0 radical (unpaired) electrons. The summed E-state index contributed by atoms with van der Waals surface area (Å²) < 4.78 is 24.2. The molecule has 4 nitrogen and oxygen atoms in total. The van der Waals surface area contributed by atoms with Gasteiger partial charge in [-0.15, -0.1) is 0 Å². The summed E-state index contributed by atoms with van der Waals surface area (Å²) in [6.07, 6.45) is 0. The molecular weight excluding hydrogens is 273 g/mol. The first kappa shape index (κ1) is 13.4. The van der Waals surface area contributed by atoms with Gasteiger partial charge in [-0.3, -0.25) is 0 Å². The van der Waals surface area contributed by atoms with Crippen LogP contribution in [0.5, 0.6) is 5.75 Å². The van der Waals surface area contributed by atoms with E-state index >= 15 is 0 Å². The third-order valence-corrected chi connectivity index (χ3v) is 3.22. The minimum atomic E-state index is -0.529. The van der Waals surface area contributed by atoms with E-state index in [2.05, 4.69) is 5.32 Å². The highest BCUT2D eigenvalue weighted by atomic mass is 19.1. The fourth-order valence-electron chi connectivity index (χ4n) is 2.17. The molecule has 5 heteroatoms. The molecule has 0 unspecified atom stereocenters. The van der Waals surface area contributed by atoms with Crippen LogP contribution in [-0.4, -0.2) is 19.1 Å². The van der Waals surface area contributed by atoms with Crippen LogP contribution in [-0.2, 0) is 11.3 Å². The lowest BCUT2D eigenvalue weighted by Crippen LogP contribution is -2.20. The van der Waals surface area contributed by atoms with Gasteiger partial charge in [0.1, 0.15) is 24.6 Å². The molecule has 1 N–H and O–H groups in total. The van der Waals surface area contributed by atoms with Crippen molar-refractivity contribution in [1.29, 1.82) is 0 Å². The van der Waals surface area contributed by atoms with E-state index in [9.17, 15) is 9.18 Å². The van der Waals surface area contributed by atoms with Crippen LogP contribution in [0, 0.1) is 5.82 Å². The maximum absolute atomic E-state index is 13.5. The van der Waals surface area contributed by atoms with Crippen molar-refractivity contribution in [3.63, 3.8) is 0 Å². The van der Waals surface area contributed by atoms with E-state index < -0.39 is 11.8 Å². The second-order valence-electron chi connectivity index (χ2n) is 4.63. The number of rotatable bonds is 3. The number of fused-ring (bicyclic) bond motifs is 1. The summed E-state index contributed by atoms with van der Waals surface area (Å²) in [5.41, 5.74) is 1.45. The minimum absolute atomic E-state index is 0.109. The quantitative estimate of drug-likeness (QED) is 0.882. The number of ether oxygens (including phenoxy) is 2. The van der Waals surface area contributed by atoms with E-state index in [0.717, 1.165) is 5.69 Å². The Balaban J connectivity index is 1.76. The van der Waals surface area contributed by atoms with Crippen molar-refractivity contribution < 1.29 is 18.7 Å². The van der Waals surface area contributed by atoms with Crippen LogP contribution < -0.4 is 10.1 Å². The Bertz CT molecular complexity index is 672. The summed E-state index contributed by atoms with van der Waals surface area (Å²) >= 11 is 0. The van der Waals surface area contributed by atoms with Crippen molar-refractivity contribution >= 4 is 11.7 Å². The SMILES string of the molecule is O=C(OCc1ccccc1F)c1cccc2c1OCCN2. The van der Waals surface area contributed by atoms with Crippen molar-refractivity contribution in [1.82, 2.24) is 0 Å². The number of esters is 1. The zero-order valence-electron chi connectivity index (χ0n) is 11.3. The number of para-hydroxylation sites is 1. The number of hydrogen-bond acceptors (Lipinski definition) is 4. The van der Waals surface area contributed by atoms with Gasteiger partial charge in [0, 0.05) is 12.1 Å². The molecule has 3 rings (SSSR count). The van der Waals surface area contributed by atoms with Gasteiger partial charge in [0.2, 0.25) is 0 Å². The van der Waals surface area contributed by atoms with Gasteiger partial charge in [-0.25, -0.2) is 9.18 Å². The molecule has 108 valence electrons. The monoisotopic (exact) mass is 287 g/mol. The molecule has 2 aromatic rings. The Morgan fingerprint density at radius 1 is 1.24 bits per heavy atom. The summed E-state index contributed by atoms with van der Waals surface area (Å²) in [5.74, 6) is -0.431. The highest BCUT2D eigenvalue weighted by Gasteiger charge is 2.20. The molecule has 0 bridgehead atoms. The van der Waals surface area contributed by atoms with Crippen molar-refractivity contribution in [2.24, 2.45) is 0 Å². The van der Waals surface area contributed by atoms with Gasteiger partial charge in [-0.2, -0.15) is 0 Å². The first-order chi connectivity index (χ1) is 10.3. The van der Waals surface area contributed by atoms with E-state index in [1.807, 2.05) is 6.07 Å². The maximum Gasteiger partial charge on any atom is 0.342 e. The molecular formula is C16H14FNO3. The first-order valence-corrected chi connectivity index (χ1v) is 6.66. The standard InChI is InChI=1S/C16H14FNO3/c17-13-6-2-1-4-11(13)10-21-16(19)12-5-3-7-14-15(12)20-9-8-18-14/h1-7,18H,8-10H2. The van der Waals surface area contributed by atoms with Crippen molar-refractivity contribution in [3.8, 4) is 5.75 Å². The summed E-state index contributed by atoms with van der Waals surface area (Å²) in [5, 5.41) is 3.15. The molecule has 0 saturated heterocycles. The molecule has 0 aliphatic carbocycles. The van der Waals surface area contributed by atoms with Crippen molar-refractivity contribution in [2.45, 2.75) is 6.61 Å². The van der Waals surface area contributed by atoms with Crippen LogP contribution in [0.2, 0.25) is 0 Å². The Morgan fingerprint density at radius 3 is 2.95 bits per heavy atom. The van der Waals surface area contributed by atoms with Gasteiger partial charge in [0.15, 0.2) is 5.75 Å². The van der Waals surface area contributed by atoms with Crippen LogP contribution in [0.25, 0.3) is 0 Å². The number of carbonyl (C=O) groups excluding carboxylic acids is 1. The Hall–Kier alpha value is -2.56. The van der Waals surface area contributed by atoms with E-state index in [1.165, 1.54) is 6.07 Å². The zero-order valence-corrected chi connectivity index (χ0v) is 11.3. The second kappa shape index (κ2) is 5.83. The minimum Gasteiger partial charge on any atom is -0.489 e. The van der Waals surface area contributed by atoms with E-state index in [4.69, 9.17) is 9.47 Å². The Morgan fingerprint density at radius 2 is 2.10 bits per heavy atom. The van der Waals surface area contributed by atoms with E-state index in [-0.39, 0.29) is 6.61 Å². The molecule has 1 aliphatic rings. The summed E-state index contributed by atoms with van der Waals surface area (Å²) in [6.45, 7) is 1.08. The van der Waals surface area contributed by atoms with Gasteiger partial charge >= 0.3 is 5.97 Å². The summed E-state index contributed by atoms with van der Waals surface area (Å²) in [7, 11) is 0. The fraction of sp³-hybridized carbons (Fsp3) is 0.188.